The Morgan fingerprint density at radius 2 is 1.85 bits per heavy atom. The van der Waals surface area contributed by atoms with Crippen LogP contribution < -0.4 is 16.2 Å². The molecule has 1 aliphatic heterocycles. The van der Waals surface area contributed by atoms with Crippen LogP contribution in [0.1, 0.15) is 24.2 Å². The summed E-state index contributed by atoms with van der Waals surface area (Å²) in [5.74, 6) is 3.85. The van der Waals surface area contributed by atoms with Crippen LogP contribution in [0.3, 0.4) is 0 Å². The predicted octanol–water partition coefficient (Wildman–Crippen LogP) is 2.20. The fourth-order valence-electron chi connectivity index (χ4n) is 3.70. The maximum atomic E-state index is 15.1. The maximum Gasteiger partial charge on any atom is 0.511 e. The second kappa shape index (κ2) is 13.3. The van der Waals surface area contributed by atoms with Gasteiger partial charge in [-0.25, -0.2) is 24.0 Å². The minimum absolute atomic E-state index is 0.0111. The Morgan fingerprint density at radius 3 is 2.51 bits per heavy atom. The Morgan fingerprint density at radius 1 is 1.15 bits per heavy atom. The van der Waals surface area contributed by atoms with E-state index < -0.39 is 41.3 Å². The summed E-state index contributed by atoms with van der Waals surface area (Å²) >= 11 is 0. The number of carbonyl (C=O) groups excluding carboxylic acids is 2. The highest BCUT2D eigenvalue weighted by molar-refractivity contribution is 5.93. The molecule has 0 radical (unpaired) electrons. The Bertz CT molecular complexity index is 1380. The third-order valence-corrected chi connectivity index (χ3v) is 5.56. The maximum absolute atomic E-state index is 15.1. The molecule has 1 saturated heterocycles. The lowest BCUT2D eigenvalue weighted by atomic mass is 10.1. The average molecular weight is 548 g/mol. The molecule has 18 heteroatoms. The molecule has 0 spiro atoms. The largest absolute Gasteiger partial charge is 0.511 e. The quantitative estimate of drug-likeness (QED) is 0.114. The molecule has 0 saturated carbocycles. The molecule has 3 heterocycles. The smallest absolute Gasteiger partial charge is 0.431 e. The monoisotopic (exact) mass is 547 g/mol. The van der Waals surface area contributed by atoms with Crippen molar-refractivity contribution in [1.29, 1.82) is 0 Å². The number of nitrogens with zero attached hydrogens (tertiary/aromatic N) is 10. The van der Waals surface area contributed by atoms with Gasteiger partial charge in [-0.1, -0.05) is 10.2 Å². The van der Waals surface area contributed by atoms with Crippen molar-refractivity contribution in [3.8, 4) is 0 Å². The Balaban J connectivity index is 1.89. The van der Waals surface area contributed by atoms with Crippen molar-refractivity contribution < 1.29 is 28.2 Å². The molecule has 2 unspecified atom stereocenters. The lowest BCUT2D eigenvalue weighted by molar-refractivity contribution is -0.0872. The Kier molecular flexibility index (Phi) is 9.83. The number of azide groups is 2. The van der Waals surface area contributed by atoms with Gasteiger partial charge in [-0.2, -0.15) is 0 Å². The minimum Gasteiger partial charge on any atom is -0.431 e. The van der Waals surface area contributed by atoms with Gasteiger partial charge in [-0.3, -0.25) is 10.6 Å². The van der Waals surface area contributed by atoms with E-state index >= 15 is 4.39 Å². The number of rotatable bonds is 10. The van der Waals surface area contributed by atoms with Crippen molar-refractivity contribution in [1.82, 2.24) is 14.6 Å². The fraction of sp³-hybridized carbons (Fsp3) is 0.524. The van der Waals surface area contributed by atoms with Gasteiger partial charge in [0.15, 0.2) is 11.6 Å². The highest BCUT2D eigenvalue weighted by atomic mass is 19.1. The minimum atomic E-state index is -1.47. The molecular weight excluding hydrogens is 521 g/mol. The number of halogens is 1. The molecule has 3 rings (SSSR count). The number of hydrazine groups is 1. The zero-order valence-electron chi connectivity index (χ0n) is 21.1. The molecular formula is C21H26FN11O6. The van der Waals surface area contributed by atoms with E-state index in [4.69, 9.17) is 31.1 Å². The number of hydrogen-bond acceptors (Lipinski definition) is 12. The third kappa shape index (κ3) is 7.45. The number of ether oxygens (including phenoxy) is 3. The molecule has 17 nitrogen and oxygen atoms in total. The van der Waals surface area contributed by atoms with Gasteiger partial charge in [0.2, 0.25) is 11.7 Å². The van der Waals surface area contributed by atoms with E-state index in [2.05, 4.69) is 25.0 Å². The van der Waals surface area contributed by atoms with E-state index in [-0.39, 0.29) is 36.5 Å². The number of carbonyl (C=O) groups is 2. The van der Waals surface area contributed by atoms with Crippen LogP contribution in [-0.4, -0.2) is 78.3 Å². The summed E-state index contributed by atoms with van der Waals surface area (Å²) < 4.78 is 31.3. The second-order valence-corrected chi connectivity index (χ2v) is 8.39. The fourth-order valence-corrected chi connectivity index (χ4v) is 3.70. The van der Waals surface area contributed by atoms with Gasteiger partial charge in [0.25, 0.3) is 0 Å². The van der Waals surface area contributed by atoms with Crippen LogP contribution in [0.5, 0.6) is 0 Å². The van der Waals surface area contributed by atoms with Gasteiger partial charge in [0, 0.05) is 62.2 Å². The first-order chi connectivity index (χ1) is 18.6. The lowest BCUT2D eigenvalue weighted by Gasteiger charge is -2.33. The highest BCUT2D eigenvalue weighted by Crippen LogP contribution is 2.23. The van der Waals surface area contributed by atoms with Crippen LogP contribution >= 0.6 is 0 Å². The molecule has 1 aliphatic rings. The normalized spacial score (nSPS) is 15.0. The summed E-state index contributed by atoms with van der Waals surface area (Å²) in [6, 6.07) is 0.984. The van der Waals surface area contributed by atoms with Crippen LogP contribution in [0, 0.1) is 5.82 Å². The van der Waals surface area contributed by atoms with Crippen LogP contribution in [0.2, 0.25) is 0 Å². The first-order valence-corrected chi connectivity index (χ1v) is 11.7. The number of hydrogen-bond donors (Lipinski definition) is 1. The summed E-state index contributed by atoms with van der Waals surface area (Å²) in [4.78, 5) is 49.2. The van der Waals surface area contributed by atoms with Crippen molar-refractivity contribution in [3.63, 3.8) is 0 Å². The number of fused-ring (bicyclic) bond motifs is 1. The van der Waals surface area contributed by atoms with Crippen molar-refractivity contribution in [2.75, 3.05) is 44.2 Å². The summed E-state index contributed by atoms with van der Waals surface area (Å²) in [6.07, 6.45) is -2.32. The standard InChI is InChI=1S/C21H26FN11O6/c1-12(10-27-30-24)37-21(36)39-13(2)38-20(35)15-11-32(4-3-26-29-23)18-14(17(15)34)9-16(22)19(28-18)31-5-7-33(25)8-6-31/h9,11-13H,3-8,10,25H2,1-2H3. The summed E-state index contributed by atoms with van der Waals surface area (Å²) in [5, 5.41) is 8.12. The molecule has 2 aromatic heterocycles. The Labute approximate surface area is 220 Å². The lowest BCUT2D eigenvalue weighted by Crippen LogP contribution is -2.49. The molecule has 2 N–H and O–H groups in total. The molecule has 39 heavy (non-hydrogen) atoms. The van der Waals surface area contributed by atoms with E-state index in [1.807, 2.05) is 0 Å². The molecule has 0 aliphatic carbocycles. The summed E-state index contributed by atoms with van der Waals surface area (Å²) in [7, 11) is 0. The van der Waals surface area contributed by atoms with Crippen molar-refractivity contribution in [3.05, 3.63) is 54.8 Å². The SMILES string of the molecule is CC(CN=[N+]=[N-])OC(=O)OC(C)OC(=O)c1cn(CCN=[N+]=[N-])c2nc(N3CCN(N)CC3)c(F)cc2c1=O. The van der Waals surface area contributed by atoms with Gasteiger partial charge in [0.1, 0.15) is 17.3 Å². The molecule has 2 atom stereocenters. The van der Waals surface area contributed by atoms with Crippen LogP contribution in [0.15, 0.2) is 27.3 Å². The number of piperazine rings is 1. The van der Waals surface area contributed by atoms with Gasteiger partial charge in [0.05, 0.1) is 11.9 Å². The summed E-state index contributed by atoms with van der Waals surface area (Å²) in [6.45, 7) is 4.27. The highest BCUT2D eigenvalue weighted by Gasteiger charge is 2.25. The van der Waals surface area contributed by atoms with Crippen LogP contribution in [0.4, 0.5) is 15.0 Å². The first kappa shape index (κ1) is 28.9. The molecule has 0 aromatic carbocycles. The molecule has 2 aromatic rings. The Hall–Kier alpha value is -4.63. The molecule has 208 valence electrons. The van der Waals surface area contributed by atoms with Crippen molar-refractivity contribution >= 4 is 29.0 Å². The van der Waals surface area contributed by atoms with E-state index in [0.29, 0.717) is 26.2 Å². The zero-order valence-corrected chi connectivity index (χ0v) is 21.1. The van der Waals surface area contributed by atoms with E-state index in [0.717, 1.165) is 12.3 Å². The number of pyridine rings is 2. The van der Waals surface area contributed by atoms with Gasteiger partial charge in [-0.05, 0) is 24.1 Å². The van der Waals surface area contributed by atoms with Crippen LogP contribution in [0.25, 0.3) is 31.9 Å². The second-order valence-electron chi connectivity index (χ2n) is 8.39. The molecule has 0 amide bonds. The number of aromatic nitrogens is 2. The number of esters is 1. The topological polar surface area (TPSA) is 227 Å². The van der Waals surface area contributed by atoms with E-state index in [9.17, 15) is 14.4 Å². The van der Waals surface area contributed by atoms with E-state index in [1.165, 1.54) is 18.4 Å². The first-order valence-electron chi connectivity index (χ1n) is 11.7. The van der Waals surface area contributed by atoms with Crippen molar-refractivity contribution in [2.45, 2.75) is 32.8 Å². The number of anilines is 1. The predicted molar refractivity (Wildman–Crippen MR) is 134 cm³/mol. The van der Waals surface area contributed by atoms with Gasteiger partial charge < -0.3 is 23.7 Å². The van der Waals surface area contributed by atoms with E-state index in [1.54, 1.807) is 9.91 Å². The van der Waals surface area contributed by atoms with Gasteiger partial charge >= 0.3 is 12.1 Å². The van der Waals surface area contributed by atoms with Gasteiger partial charge in [-0.15, -0.1) is 0 Å². The molecule has 0 bridgehead atoms. The van der Waals surface area contributed by atoms with Crippen LogP contribution in [-0.2, 0) is 20.8 Å². The zero-order chi connectivity index (χ0) is 28.5. The number of nitrogens with two attached hydrogens (primary N) is 1. The average Bonchev–Trinajstić information content (AvgIpc) is 2.89. The summed E-state index contributed by atoms with van der Waals surface area (Å²) in [5.41, 5.74) is 15.7. The molecule has 1 fully saturated rings. The van der Waals surface area contributed by atoms with Crippen molar-refractivity contribution in [2.24, 2.45) is 16.1 Å². The third-order valence-electron chi connectivity index (χ3n) is 5.56.